The smallest absolute Gasteiger partial charge is 0.252 e. The molecule has 0 N–H and O–H groups in total. The summed E-state index contributed by atoms with van der Waals surface area (Å²) in [4.78, 5) is 7.96. The fourth-order valence-electron chi connectivity index (χ4n) is 26.1. The van der Waals surface area contributed by atoms with E-state index in [9.17, 15) is 8.22 Å². The molecule has 22 rings (SSSR count). The fourth-order valence-corrected chi connectivity index (χ4v) is 26.1. The van der Waals surface area contributed by atoms with Gasteiger partial charge in [0.05, 0.1) is 41.7 Å². The first-order chi connectivity index (χ1) is 61.5. The monoisotopic (exact) mass is 1600 g/mol. The molecule has 13 aromatic rings. The van der Waals surface area contributed by atoms with Crippen molar-refractivity contribution in [1.82, 2.24) is 9.13 Å². The summed E-state index contributed by atoms with van der Waals surface area (Å²) in [5.74, 6) is 5.10. The van der Waals surface area contributed by atoms with Crippen LogP contribution in [0.15, 0.2) is 236 Å². The normalized spacial score (nSPS) is 24.0. The standard InChI is InChI=1S/C114H126BN5O/c1-112(2,3)81-64-90(75-38-20-12-21-39-75)110(91(65-81)76-40-22-13-23-41-76)119-103-71-85(116-97-47-29-28-46-87(97)94-70-84(56-61-98(94)116)117-99-48-30-32-50-107(99)121-108-51-33-31-49-100(108)117)54-59-95(103)115-96-60-55-86(118-101-62-79(73-34-16-10-17-35-73)52-57-88(101)89-58-53-80(63-102(89)118)74-36-18-11-19-37-74)72-104(96)120(106-69-83(114(7,8)9)68-105(119)109(106)115)111-92(77-42-24-14-25-43-77)66-82(113(4,5)6)67-93(111)78-44-26-15-27-45-78/h10-11,16-19,28-37,46-63,68-72,75-78,81-82,90-93,110-111H,12-15,20-27,38-45,64-67H2,1-9H3/i54D,55D,59D,60D,71D,72D. The van der Waals surface area contributed by atoms with E-state index >= 15 is 0 Å². The molecule has 0 bridgehead atoms. The molecule has 6 nitrogen and oxygen atoms in total. The second kappa shape index (κ2) is 30.7. The quantitative estimate of drug-likeness (QED) is 0.121. The Hall–Kier alpha value is -9.72. The number of anilines is 7. The van der Waals surface area contributed by atoms with E-state index in [1.807, 2.05) is 24.3 Å². The second-order valence-electron chi connectivity index (χ2n) is 42.1. The van der Waals surface area contributed by atoms with Gasteiger partial charge in [-0.25, -0.2) is 0 Å². The first kappa shape index (κ1) is 70.8. The number of aromatic nitrogens is 2. The molecule has 7 heteroatoms. The van der Waals surface area contributed by atoms with Crippen LogP contribution in [0.4, 0.5) is 39.8 Å². The molecule has 0 saturated heterocycles. The van der Waals surface area contributed by atoms with Crippen LogP contribution in [0.25, 0.3) is 77.2 Å². The number of hydrogen-bond donors (Lipinski definition) is 0. The Morgan fingerprint density at radius 2 is 0.719 bits per heavy atom. The highest BCUT2D eigenvalue weighted by atomic mass is 16.5. The van der Waals surface area contributed by atoms with Crippen molar-refractivity contribution in [3.05, 3.63) is 242 Å². The summed E-state index contributed by atoms with van der Waals surface area (Å²) >= 11 is 0. The lowest BCUT2D eigenvalue weighted by molar-refractivity contribution is 0.0144. The first-order valence-corrected chi connectivity index (χ1v) is 47.4. The zero-order chi connectivity index (χ0) is 87.0. The molecule has 0 spiro atoms. The Kier molecular flexibility index (Phi) is 17.9. The molecule has 0 amide bonds. The largest absolute Gasteiger partial charge is 0.453 e. The van der Waals surface area contributed by atoms with Crippen molar-refractivity contribution in [2.24, 2.45) is 70.0 Å². The molecule has 5 heterocycles. The minimum atomic E-state index is -0.923. The third-order valence-corrected chi connectivity index (χ3v) is 32.3. The maximum atomic E-state index is 12.4. The van der Waals surface area contributed by atoms with Gasteiger partial charge in [-0.3, -0.25) is 0 Å². The fraction of sp³-hybridized carbons (Fsp3) is 0.421. The van der Waals surface area contributed by atoms with Gasteiger partial charge in [-0.1, -0.05) is 330 Å². The molecular weight excluding hydrogens is 1470 g/mol. The third-order valence-electron chi connectivity index (χ3n) is 32.3. The molecule has 2 aromatic heterocycles. The maximum Gasteiger partial charge on any atom is 0.252 e. The zero-order valence-electron chi connectivity index (χ0n) is 79.2. The molecule has 4 unspecified atom stereocenters. The van der Waals surface area contributed by atoms with Gasteiger partial charge < -0.3 is 28.6 Å². The number of nitrogens with zero attached hydrogens (tertiary/aromatic N) is 5. The lowest BCUT2D eigenvalue weighted by Crippen LogP contribution is -2.67. The number of fused-ring (bicyclic) bond motifs is 12. The van der Waals surface area contributed by atoms with Crippen LogP contribution in [-0.2, 0) is 5.41 Å². The molecule has 6 saturated carbocycles. The van der Waals surface area contributed by atoms with Crippen LogP contribution in [0, 0.1) is 70.0 Å². The van der Waals surface area contributed by atoms with E-state index in [4.69, 9.17) is 4.74 Å². The van der Waals surface area contributed by atoms with E-state index in [2.05, 4.69) is 262 Å². The van der Waals surface area contributed by atoms with Crippen LogP contribution >= 0.6 is 0 Å². The van der Waals surface area contributed by atoms with Gasteiger partial charge in [0.2, 0.25) is 0 Å². The Labute approximate surface area is 730 Å². The molecule has 11 aromatic carbocycles. The molecule has 4 atom stereocenters. The van der Waals surface area contributed by atoms with Crippen LogP contribution in [0.5, 0.6) is 11.5 Å². The van der Waals surface area contributed by atoms with Gasteiger partial charge in [-0.05, 0) is 242 Å². The topological polar surface area (TPSA) is 28.8 Å². The second-order valence-corrected chi connectivity index (χ2v) is 42.1. The highest BCUT2D eigenvalue weighted by Crippen LogP contribution is 2.61. The zero-order valence-corrected chi connectivity index (χ0v) is 73.2. The number of hydrogen-bond acceptors (Lipinski definition) is 4. The molecule has 616 valence electrons. The lowest BCUT2D eigenvalue weighted by Gasteiger charge is -2.59. The predicted octanol–water partition coefficient (Wildman–Crippen LogP) is 29.9. The van der Waals surface area contributed by atoms with Gasteiger partial charge in [-0.15, -0.1) is 0 Å². The van der Waals surface area contributed by atoms with Gasteiger partial charge in [0, 0.05) is 73.4 Å². The predicted molar refractivity (Wildman–Crippen MR) is 513 cm³/mol. The van der Waals surface area contributed by atoms with Gasteiger partial charge in [-0.2, -0.15) is 0 Å². The van der Waals surface area contributed by atoms with Crippen LogP contribution in [0.2, 0.25) is 0 Å². The van der Waals surface area contributed by atoms with Gasteiger partial charge >= 0.3 is 0 Å². The first-order valence-electron chi connectivity index (χ1n) is 50.4. The third kappa shape index (κ3) is 13.4. The highest BCUT2D eigenvalue weighted by Gasteiger charge is 2.57. The minimum Gasteiger partial charge on any atom is -0.453 e. The summed E-state index contributed by atoms with van der Waals surface area (Å²) < 4.78 is 82.8. The number of ether oxygens (including phenoxy) is 1. The molecule has 3 aliphatic heterocycles. The Balaban J connectivity index is 0.886. The Morgan fingerprint density at radius 3 is 1.15 bits per heavy atom. The molecule has 9 aliphatic rings. The Morgan fingerprint density at radius 1 is 0.331 bits per heavy atom. The lowest BCUT2D eigenvalue weighted by atomic mass is 9.33. The van der Waals surface area contributed by atoms with Crippen molar-refractivity contribution in [2.75, 3.05) is 14.7 Å². The summed E-state index contributed by atoms with van der Waals surface area (Å²) in [5.41, 5.74) is 17.9. The number of benzene rings is 11. The van der Waals surface area contributed by atoms with Crippen molar-refractivity contribution >= 4 is 107 Å². The van der Waals surface area contributed by atoms with Crippen LogP contribution in [0.1, 0.15) is 230 Å². The van der Waals surface area contributed by atoms with E-state index in [1.165, 1.54) is 108 Å². The maximum absolute atomic E-state index is 12.4. The van der Waals surface area contributed by atoms with E-state index < -0.39 is 12.1 Å². The summed E-state index contributed by atoms with van der Waals surface area (Å²) in [5, 5.41) is 3.99. The van der Waals surface area contributed by atoms with Crippen molar-refractivity contribution in [3.63, 3.8) is 0 Å². The number of para-hydroxylation sites is 5. The molecule has 0 radical (unpaired) electrons. The molecule has 6 aliphatic carbocycles. The summed E-state index contributed by atoms with van der Waals surface area (Å²) in [6, 6.07) is 72.1. The van der Waals surface area contributed by atoms with Crippen molar-refractivity contribution in [1.29, 1.82) is 0 Å². The summed E-state index contributed by atoms with van der Waals surface area (Å²) in [6.45, 7) is 21.5. The number of rotatable bonds is 11. The Bertz CT molecular complexity index is 6250. The van der Waals surface area contributed by atoms with Crippen LogP contribution in [0.3, 0.4) is 0 Å². The van der Waals surface area contributed by atoms with Gasteiger partial charge in [0.1, 0.15) is 0 Å². The molecule has 121 heavy (non-hydrogen) atoms. The van der Waals surface area contributed by atoms with E-state index in [-0.39, 0.29) is 82.8 Å². The molecular formula is C114H126BN5O. The summed E-state index contributed by atoms with van der Waals surface area (Å²) in [6.07, 6.45) is 28.2. The van der Waals surface area contributed by atoms with E-state index in [1.54, 1.807) is 0 Å². The van der Waals surface area contributed by atoms with Gasteiger partial charge in [0.25, 0.3) is 6.71 Å². The van der Waals surface area contributed by atoms with Gasteiger partial charge in [0.15, 0.2) is 11.5 Å². The highest BCUT2D eigenvalue weighted by molar-refractivity contribution is 7.00. The van der Waals surface area contributed by atoms with E-state index in [0.717, 1.165) is 163 Å². The van der Waals surface area contributed by atoms with Crippen molar-refractivity contribution in [2.45, 2.75) is 234 Å². The van der Waals surface area contributed by atoms with Crippen LogP contribution < -0.4 is 35.8 Å². The minimum absolute atomic E-state index is 0.0219. The average molecular weight is 1600 g/mol. The van der Waals surface area contributed by atoms with E-state index in [0.29, 0.717) is 69.2 Å². The summed E-state index contributed by atoms with van der Waals surface area (Å²) in [7, 11) is 0. The average Bonchev–Trinajstić information content (AvgIpc) is 1.49. The van der Waals surface area contributed by atoms with Crippen molar-refractivity contribution in [3.8, 4) is 45.1 Å². The SMILES string of the molecule is [2H]c1c([2H])c(-n2c3ccccc3c3cc(N4c5ccccc5Oc5ccccc54)ccc32)c([2H])c2c1B1c3c(cc(C(C)(C)C)cc3N(C3C(C4CCCCC4)CC(C(C)(C)C)CC3C3CCCCC3)c3c([2H])c(-n4c5cc(-c6ccccc6)ccc5c5ccc(-c6ccccc6)cc54)c([2H])c([2H])c31)N2C1C(C2CCCCC2)CC(C(C)(C)C)CC1C1CCCCC1. The van der Waals surface area contributed by atoms with Crippen LogP contribution in [-0.4, -0.2) is 27.9 Å². The van der Waals surface area contributed by atoms with Crippen molar-refractivity contribution < 1.29 is 13.0 Å². The molecule has 6 fully saturated rings.